The molecule has 0 saturated carbocycles. The van der Waals surface area contributed by atoms with Gasteiger partial charge in [0.2, 0.25) is 0 Å². The van der Waals surface area contributed by atoms with Crippen LogP contribution < -0.4 is 5.32 Å². The van der Waals surface area contributed by atoms with Gasteiger partial charge in [0.1, 0.15) is 5.76 Å². The Morgan fingerprint density at radius 3 is 2.86 bits per heavy atom. The molecule has 1 aliphatic heterocycles. The molecule has 0 spiro atoms. The molecule has 0 bridgehead atoms. The van der Waals surface area contributed by atoms with Gasteiger partial charge >= 0.3 is 0 Å². The van der Waals surface area contributed by atoms with Crippen LogP contribution in [0.3, 0.4) is 0 Å². The van der Waals surface area contributed by atoms with Crippen LogP contribution in [0.1, 0.15) is 25.5 Å². The third kappa shape index (κ3) is 2.23. The van der Waals surface area contributed by atoms with E-state index in [1.54, 1.807) is 0 Å². The summed E-state index contributed by atoms with van der Waals surface area (Å²) in [6.07, 6.45) is 3.44. The lowest BCUT2D eigenvalue weighted by molar-refractivity contribution is 0.365. The summed E-state index contributed by atoms with van der Waals surface area (Å²) < 4.78 is 7.35. The highest BCUT2D eigenvalue weighted by Gasteiger charge is 2.29. The SMILES string of the molecule is CC1(Cc2cc(Br)c(Br)o2)CCCN1. The minimum atomic E-state index is 0.219. The van der Waals surface area contributed by atoms with Crippen LogP contribution in [-0.2, 0) is 6.42 Å². The van der Waals surface area contributed by atoms with Gasteiger partial charge in [0.05, 0.1) is 4.47 Å². The summed E-state index contributed by atoms with van der Waals surface area (Å²) in [7, 11) is 0. The fraction of sp³-hybridized carbons (Fsp3) is 0.600. The molecule has 78 valence electrons. The Morgan fingerprint density at radius 1 is 1.57 bits per heavy atom. The van der Waals surface area contributed by atoms with Gasteiger partial charge in [0.15, 0.2) is 4.67 Å². The molecule has 1 aromatic rings. The average molecular weight is 323 g/mol. The molecule has 2 heterocycles. The first-order valence-corrected chi connectivity index (χ1v) is 6.36. The molecule has 0 aliphatic carbocycles. The molecule has 2 rings (SSSR count). The molecule has 1 N–H and O–H groups in total. The lowest BCUT2D eigenvalue weighted by Crippen LogP contribution is -2.38. The topological polar surface area (TPSA) is 25.2 Å². The van der Waals surface area contributed by atoms with E-state index in [0.717, 1.165) is 27.9 Å². The Bertz CT molecular complexity index is 309. The van der Waals surface area contributed by atoms with Crippen molar-refractivity contribution in [2.45, 2.75) is 31.7 Å². The van der Waals surface area contributed by atoms with E-state index in [-0.39, 0.29) is 5.54 Å². The summed E-state index contributed by atoms with van der Waals surface area (Å²) in [6.45, 7) is 3.38. The number of halogens is 2. The van der Waals surface area contributed by atoms with Gasteiger partial charge in [-0.25, -0.2) is 0 Å². The Morgan fingerprint density at radius 2 is 2.36 bits per heavy atom. The molecule has 1 aromatic heterocycles. The Hall–Kier alpha value is 0.200. The maximum Gasteiger partial charge on any atom is 0.183 e. The zero-order valence-electron chi connectivity index (χ0n) is 8.07. The predicted octanol–water partition coefficient (Wildman–Crippen LogP) is 3.49. The molecule has 0 radical (unpaired) electrons. The van der Waals surface area contributed by atoms with Crippen molar-refractivity contribution in [3.8, 4) is 0 Å². The Kier molecular flexibility index (Phi) is 3.05. The highest BCUT2D eigenvalue weighted by atomic mass is 79.9. The molecule has 0 amide bonds. The number of rotatable bonds is 2. The van der Waals surface area contributed by atoms with Crippen LogP contribution in [0.25, 0.3) is 0 Å². The normalized spacial score (nSPS) is 27.1. The quantitative estimate of drug-likeness (QED) is 0.901. The summed E-state index contributed by atoms with van der Waals surface area (Å²) in [4.78, 5) is 0. The van der Waals surface area contributed by atoms with Gasteiger partial charge in [-0.3, -0.25) is 0 Å². The summed E-state index contributed by atoms with van der Waals surface area (Å²) in [5.74, 6) is 1.03. The monoisotopic (exact) mass is 321 g/mol. The van der Waals surface area contributed by atoms with E-state index < -0.39 is 0 Å². The van der Waals surface area contributed by atoms with Gasteiger partial charge in [-0.1, -0.05) is 0 Å². The first kappa shape index (κ1) is 10.7. The zero-order chi connectivity index (χ0) is 10.2. The van der Waals surface area contributed by atoms with Crippen molar-refractivity contribution in [1.29, 1.82) is 0 Å². The van der Waals surface area contributed by atoms with Gasteiger partial charge in [-0.15, -0.1) is 0 Å². The third-order valence-corrected chi connectivity index (χ3v) is 4.43. The predicted molar refractivity (Wildman–Crippen MR) is 63.5 cm³/mol. The van der Waals surface area contributed by atoms with E-state index in [2.05, 4.69) is 44.1 Å². The Labute approximate surface area is 101 Å². The van der Waals surface area contributed by atoms with Crippen molar-refractivity contribution < 1.29 is 4.42 Å². The van der Waals surface area contributed by atoms with Crippen LogP contribution in [0.15, 0.2) is 19.6 Å². The number of furan rings is 1. The van der Waals surface area contributed by atoms with Crippen LogP contribution in [0.5, 0.6) is 0 Å². The van der Waals surface area contributed by atoms with E-state index in [1.165, 1.54) is 12.8 Å². The van der Waals surface area contributed by atoms with E-state index in [4.69, 9.17) is 4.42 Å². The number of nitrogens with one attached hydrogen (secondary N) is 1. The van der Waals surface area contributed by atoms with Gasteiger partial charge in [0.25, 0.3) is 0 Å². The summed E-state index contributed by atoms with van der Waals surface area (Å²) in [5, 5.41) is 3.52. The zero-order valence-corrected chi connectivity index (χ0v) is 11.2. The molecular formula is C10H13Br2NO. The van der Waals surface area contributed by atoms with Crippen LogP contribution in [-0.4, -0.2) is 12.1 Å². The van der Waals surface area contributed by atoms with Crippen LogP contribution in [0.2, 0.25) is 0 Å². The maximum absolute atomic E-state index is 5.57. The van der Waals surface area contributed by atoms with Gasteiger partial charge in [-0.05, 0) is 64.2 Å². The van der Waals surface area contributed by atoms with Crippen LogP contribution in [0.4, 0.5) is 0 Å². The first-order chi connectivity index (χ1) is 6.59. The van der Waals surface area contributed by atoms with E-state index in [1.807, 2.05) is 6.07 Å². The first-order valence-electron chi connectivity index (χ1n) is 4.78. The summed E-state index contributed by atoms with van der Waals surface area (Å²) in [5.41, 5.74) is 0.219. The number of hydrogen-bond donors (Lipinski definition) is 1. The molecule has 4 heteroatoms. The minimum absolute atomic E-state index is 0.219. The maximum atomic E-state index is 5.57. The van der Waals surface area contributed by atoms with Crippen molar-refractivity contribution >= 4 is 31.9 Å². The van der Waals surface area contributed by atoms with Gasteiger partial charge in [0, 0.05) is 12.0 Å². The summed E-state index contributed by atoms with van der Waals surface area (Å²) >= 11 is 6.77. The highest BCUT2D eigenvalue weighted by Crippen LogP contribution is 2.30. The standard InChI is InChI=1S/C10H13Br2NO/c1-10(3-2-4-13-10)6-7-5-8(11)9(12)14-7/h5,13H,2-4,6H2,1H3. The molecule has 0 aromatic carbocycles. The molecule has 1 fully saturated rings. The van der Waals surface area contributed by atoms with Gasteiger partial charge in [-0.2, -0.15) is 0 Å². The van der Waals surface area contributed by atoms with E-state index >= 15 is 0 Å². The Balaban J connectivity index is 2.10. The fourth-order valence-electron chi connectivity index (χ4n) is 1.97. The van der Waals surface area contributed by atoms with Crippen molar-refractivity contribution in [3.05, 3.63) is 21.0 Å². The van der Waals surface area contributed by atoms with Crippen molar-refractivity contribution in [1.82, 2.24) is 5.32 Å². The second-order valence-electron chi connectivity index (χ2n) is 4.10. The molecule has 1 aliphatic rings. The molecule has 1 unspecified atom stereocenters. The van der Waals surface area contributed by atoms with Crippen LogP contribution in [0, 0.1) is 0 Å². The number of hydrogen-bond acceptors (Lipinski definition) is 2. The largest absolute Gasteiger partial charge is 0.453 e. The van der Waals surface area contributed by atoms with Crippen LogP contribution >= 0.6 is 31.9 Å². The fourth-order valence-corrected chi connectivity index (χ4v) is 2.63. The van der Waals surface area contributed by atoms with Crippen molar-refractivity contribution in [2.75, 3.05) is 6.54 Å². The molecule has 1 atom stereocenters. The lowest BCUT2D eigenvalue weighted by Gasteiger charge is -2.22. The lowest BCUT2D eigenvalue weighted by atomic mass is 9.95. The molecule has 14 heavy (non-hydrogen) atoms. The van der Waals surface area contributed by atoms with Crippen molar-refractivity contribution in [3.63, 3.8) is 0 Å². The van der Waals surface area contributed by atoms with Crippen molar-refractivity contribution in [2.24, 2.45) is 0 Å². The van der Waals surface area contributed by atoms with Gasteiger partial charge < -0.3 is 9.73 Å². The third-order valence-electron chi connectivity index (χ3n) is 2.72. The molecule has 2 nitrogen and oxygen atoms in total. The summed E-state index contributed by atoms with van der Waals surface area (Å²) in [6, 6.07) is 2.04. The molecular weight excluding hydrogens is 310 g/mol. The highest BCUT2D eigenvalue weighted by molar-refractivity contribution is 9.13. The van der Waals surface area contributed by atoms with E-state index in [9.17, 15) is 0 Å². The second-order valence-corrected chi connectivity index (χ2v) is 5.68. The van der Waals surface area contributed by atoms with E-state index in [0.29, 0.717) is 0 Å². The minimum Gasteiger partial charge on any atom is -0.453 e. The molecule has 1 saturated heterocycles. The second kappa shape index (κ2) is 3.99. The average Bonchev–Trinajstić information content (AvgIpc) is 2.62. The smallest absolute Gasteiger partial charge is 0.183 e.